The van der Waals surface area contributed by atoms with E-state index in [2.05, 4.69) is 48.5 Å². The highest BCUT2D eigenvalue weighted by molar-refractivity contribution is 6.60. The first-order valence-corrected chi connectivity index (χ1v) is 9.08. The van der Waals surface area contributed by atoms with E-state index in [-0.39, 0.29) is 16.0 Å². The molecule has 0 aromatic heterocycles. The molecule has 0 bridgehead atoms. The van der Waals surface area contributed by atoms with E-state index < -0.39 is 9.04 Å². The maximum atomic E-state index is 12.0. The van der Waals surface area contributed by atoms with Gasteiger partial charge in [-0.1, -0.05) is 74.1 Å². The van der Waals surface area contributed by atoms with Gasteiger partial charge in [-0.05, 0) is 16.5 Å². The summed E-state index contributed by atoms with van der Waals surface area (Å²) in [4.78, 5) is 12.0. The van der Waals surface area contributed by atoms with Crippen molar-refractivity contribution in [2.24, 2.45) is 0 Å². The molecule has 0 N–H and O–H groups in total. The molecule has 0 aliphatic carbocycles. The zero-order chi connectivity index (χ0) is 15.1. The normalized spacial score (nSPS) is 12.8. The van der Waals surface area contributed by atoms with Crippen LogP contribution in [0.2, 0.25) is 10.1 Å². The Labute approximate surface area is 122 Å². The Balaban J connectivity index is 4.20. The molecule has 113 valence electrons. The summed E-state index contributed by atoms with van der Waals surface area (Å²) in [5.74, 6) is 0.00948. The van der Waals surface area contributed by atoms with Crippen LogP contribution in [0.1, 0.15) is 87.0 Å². The van der Waals surface area contributed by atoms with Gasteiger partial charge in [0.2, 0.25) is 0 Å². The lowest BCUT2D eigenvalue weighted by Crippen LogP contribution is -2.40. The van der Waals surface area contributed by atoms with Gasteiger partial charge in [-0.3, -0.25) is 4.79 Å². The van der Waals surface area contributed by atoms with E-state index >= 15 is 0 Å². The largest absolute Gasteiger partial charge is 0.516 e. The Kier molecular flexibility index (Phi) is 7.95. The molecule has 3 heteroatoms. The van der Waals surface area contributed by atoms with Crippen LogP contribution in [0.5, 0.6) is 0 Å². The summed E-state index contributed by atoms with van der Waals surface area (Å²) in [7, 11) is -1.17. The maximum Gasteiger partial charge on any atom is 0.295 e. The average Bonchev–Trinajstić information content (AvgIpc) is 2.22. The topological polar surface area (TPSA) is 26.3 Å². The Morgan fingerprint density at radius 3 is 1.79 bits per heavy atom. The van der Waals surface area contributed by atoms with Gasteiger partial charge < -0.3 is 4.43 Å². The zero-order valence-corrected chi connectivity index (χ0v) is 15.1. The summed E-state index contributed by atoms with van der Waals surface area (Å²) in [5.41, 5.74) is 0. The van der Waals surface area contributed by atoms with Crippen LogP contribution in [0.4, 0.5) is 0 Å². The first kappa shape index (κ1) is 18.7. The third-order valence-electron chi connectivity index (χ3n) is 3.06. The molecule has 1 radical (unpaired) electrons. The van der Waals surface area contributed by atoms with Crippen LogP contribution < -0.4 is 0 Å². The monoisotopic (exact) mass is 285 g/mol. The zero-order valence-electron chi connectivity index (χ0n) is 14.1. The third kappa shape index (κ3) is 8.46. The second-order valence-corrected chi connectivity index (χ2v) is 11.3. The van der Waals surface area contributed by atoms with Gasteiger partial charge in [-0.2, -0.15) is 0 Å². The van der Waals surface area contributed by atoms with Gasteiger partial charge in [0.1, 0.15) is 0 Å². The van der Waals surface area contributed by atoms with E-state index in [0.29, 0.717) is 6.42 Å². The number of rotatable bonds is 7. The highest BCUT2D eigenvalue weighted by Gasteiger charge is 2.42. The summed E-state index contributed by atoms with van der Waals surface area (Å²) >= 11 is 0. The second kappa shape index (κ2) is 8.08. The molecule has 2 nitrogen and oxygen atoms in total. The lowest BCUT2D eigenvalue weighted by Gasteiger charge is -2.36. The molecule has 0 spiro atoms. The van der Waals surface area contributed by atoms with Crippen molar-refractivity contribution in [2.75, 3.05) is 0 Å². The molecular formula is C16H33O2Si. The number of hydrogen-bond acceptors (Lipinski definition) is 2. The molecule has 0 fully saturated rings. The van der Waals surface area contributed by atoms with E-state index in [4.69, 9.17) is 4.43 Å². The van der Waals surface area contributed by atoms with Crippen molar-refractivity contribution in [1.82, 2.24) is 0 Å². The Hall–Kier alpha value is -0.313. The smallest absolute Gasteiger partial charge is 0.295 e. The Morgan fingerprint density at radius 1 is 0.895 bits per heavy atom. The van der Waals surface area contributed by atoms with Gasteiger partial charge in [0, 0.05) is 6.42 Å². The standard InChI is InChI=1S/C16H33O2Si/c1-8-9-10-11-12-13-14(17)18-19(15(2,3)4)16(5,6)7/h8-13H2,1-7H3. The van der Waals surface area contributed by atoms with Crippen molar-refractivity contribution in [3.8, 4) is 0 Å². The lowest BCUT2D eigenvalue weighted by atomic mass is 10.1. The molecule has 0 rings (SSSR count). The molecule has 19 heavy (non-hydrogen) atoms. The van der Waals surface area contributed by atoms with Gasteiger partial charge in [0.15, 0.2) is 0 Å². The molecular weight excluding hydrogens is 252 g/mol. The number of carbonyl (C=O) groups is 1. The van der Waals surface area contributed by atoms with Crippen LogP contribution in [0.15, 0.2) is 0 Å². The molecule has 0 saturated heterocycles. The van der Waals surface area contributed by atoms with Gasteiger partial charge in [0.05, 0.1) is 0 Å². The minimum Gasteiger partial charge on any atom is -0.516 e. The average molecular weight is 286 g/mol. The van der Waals surface area contributed by atoms with E-state index in [1.54, 1.807) is 0 Å². The number of unbranched alkanes of at least 4 members (excludes halogenated alkanes) is 4. The van der Waals surface area contributed by atoms with Crippen molar-refractivity contribution in [3.63, 3.8) is 0 Å². The summed E-state index contributed by atoms with van der Waals surface area (Å²) in [6.07, 6.45) is 6.46. The van der Waals surface area contributed by atoms with Crippen LogP contribution in [-0.2, 0) is 9.22 Å². The van der Waals surface area contributed by atoms with Crippen molar-refractivity contribution in [3.05, 3.63) is 0 Å². The predicted octanol–water partition coefficient (Wildman–Crippen LogP) is 5.48. The first-order chi connectivity index (χ1) is 8.59. The van der Waals surface area contributed by atoms with Crippen LogP contribution >= 0.6 is 0 Å². The third-order valence-corrected chi connectivity index (χ3v) is 6.22. The minimum absolute atomic E-state index is 0.00948. The molecule has 0 aromatic carbocycles. The molecule has 0 heterocycles. The Bertz CT molecular complexity index is 247. The van der Waals surface area contributed by atoms with Crippen LogP contribution in [-0.4, -0.2) is 15.0 Å². The number of carbonyl (C=O) groups excluding carboxylic acids is 1. The summed E-state index contributed by atoms with van der Waals surface area (Å²) < 4.78 is 5.85. The quantitative estimate of drug-likeness (QED) is 0.457. The van der Waals surface area contributed by atoms with Crippen LogP contribution in [0.3, 0.4) is 0 Å². The fourth-order valence-electron chi connectivity index (χ4n) is 2.47. The lowest BCUT2D eigenvalue weighted by molar-refractivity contribution is -0.135. The van der Waals surface area contributed by atoms with Gasteiger partial charge >= 0.3 is 0 Å². The highest BCUT2D eigenvalue weighted by atomic mass is 28.3. The second-order valence-electron chi connectivity index (χ2n) is 7.47. The van der Waals surface area contributed by atoms with E-state index in [1.165, 1.54) is 19.3 Å². The molecule has 0 aromatic rings. The van der Waals surface area contributed by atoms with Crippen LogP contribution in [0.25, 0.3) is 0 Å². The molecule has 0 aliphatic rings. The molecule has 0 aliphatic heterocycles. The van der Waals surface area contributed by atoms with Crippen molar-refractivity contribution in [1.29, 1.82) is 0 Å². The van der Waals surface area contributed by atoms with Gasteiger partial charge in [-0.15, -0.1) is 0 Å². The van der Waals surface area contributed by atoms with E-state index in [9.17, 15) is 4.79 Å². The van der Waals surface area contributed by atoms with Crippen molar-refractivity contribution < 1.29 is 9.22 Å². The van der Waals surface area contributed by atoms with Crippen LogP contribution in [0, 0.1) is 0 Å². The summed E-state index contributed by atoms with van der Waals surface area (Å²) in [5, 5.41) is 0.168. The van der Waals surface area contributed by atoms with E-state index in [1.807, 2.05) is 0 Å². The fraction of sp³-hybridized carbons (Fsp3) is 0.938. The first-order valence-electron chi connectivity index (χ1n) is 7.67. The minimum atomic E-state index is -1.17. The summed E-state index contributed by atoms with van der Waals surface area (Å²) in [6, 6.07) is 0. The maximum absolute atomic E-state index is 12.0. The van der Waals surface area contributed by atoms with Crippen molar-refractivity contribution in [2.45, 2.75) is 97.1 Å². The van der Waals surface area contributed by atoms with Gasteiger partial charge in [0.25, 0.3) is 15.0 Å². The van der Waals surface area contributed by atoms with Crippen molar-refractivity contribution >= 4 is 15.0 Å². The molecule has 0 unspecified atom stereocenters. The fourth-order valence-corrected chi connectivity index (χ4v) is 5.66. The molecule has 0 saturated carbocycles. The summed E-state index contributed by atoms with van der Waals surface area (Å²) in [6.45, 7) is 15.3. The SMILES string of the molecule is CCCCCCCC(=O)O[Si](C(C)(C)C)C(C)(C)C. The molecule has 0 atom stereocenters. The Morgan fingerprint density at radius 2 is 1.37 bits per heavy atom. The highest BCUT2D eigenvalue weighted by Crippen LogP contribution is 2.42. The number of hydrogen-bond donors (Lipinski definition) is 0. The molecule has 0 amide bonds. The predicted molar refractivity (Wildman–Crippen MR) is 84.7 cm³/mol. The van der Waals surface area contributed by atoms with Gasteiger partial charge in [-0.25, -0.2) is 0 Å². The van der Waals surface area contributed by atoms with E-state index in [0.717, 1.165) is 12.8 Å².